The van der Waals surface area contributed by atoms with Crippen LogP contribution in [-0.4, -0.2) is 71.2 Å². The first-order chi connectivity index (χ1) is 16.3. The van der Waals surface area contributed by atoms with Crippen LogP contribution in [0.1, 0.15) is 27.5 Å². The van der Waals surface area contributed by atoms with Gasteiger partial charge in [0, 0.05) is 24.2 Å². The molecular weight excluding hydrogens is 448 g/mol. The summed E-state index contributed by atoms with van der Waals surface area (Å²) in [7, 11) is 1.24. The molecule has 1 fully saturated rings. The minimum atomic E-state index is -1.00. The Labute approximate surface area is 194 Å². The number of carbonyl (C=O) groups excluding carboxylic acids is 3. The van der Waals surface area contributed by atoms with Gasteiger partial charge in [-0.1, -0.05) is 12.1 Å². The van der Waals surface area contributed by atoms with Crippen LogP contribution in [0.25, 0.3) is 5.76 Å². The van der Waals surface area contributed by atoms with Gasteiger partial charge >= 0.3 is 5.97 Å². The predicted molar refractivity (Wildman–Crippen MR) is 118 cm³/mol. The molecule has 1 aliphatic rings. The van der Waals surface area contributed by atoms with E-state index in [1.807, 2.05) is 0 Å². The van der Waals surface area contributed by atoms with Gasteiger partial charge in [0.2, 0.25) is 0 Å². The van der Waals surface area contributed by atoms with E-state index in [1.165, 1.54) is 60.5 Å². The third-order valence-electron chi connectivity index (χ3n) is 5.25. The number of nitrogens with zero attached hydrogens (tertiary/aromatic N) is 2. The molecule has 0 unspecified atom stereocenters. The van der Waals surface area contributed by atoms with Gasteiger partial charge in [-0.3, -0.25) is 19.7 Å². The fourth-order valence-corrected chi connectivity index (χ4v) is 3.60. The number of hydrogen-bond acceptors (Lipinski definition) is 9. The molecule has 2 aromatic rings. The fraction of sp³-hybridized carbons (Fsp3) is 0.261. The van der Waals surface area contributed by atoms with Gasteiger partial charge in [-0.15, -0.1) is 0 Å². The van der Waals surface area contributed by atoms with Crippen LogP contribution in [0.3, 0.4) is 0 Å². The van der Waals surface area contributed by atoms with Gasteiger partial charge in [-0.2, -0.15) is 0 Å². The van der Waals surface area contributed by atoms with Gasteiger partial charge in [-0.25, -0.2) is 4.79 Å². The second-order valence-electron chi connectivity index (χ2n) is 7.25. The summed E-state index contributed by atoms with van der Waals surface area (Å²) in [6.07, 6.45) is 0. The van der Waals surface area contributed by atoms with Crippen LogP contribution >= 0.6 is 0 Å². The van der Waals surface area contributed by atoms with Crippen LogP contribution < -0.4 is 0 Å². The lowest BCUT2D eigenvalue weighted by molar-refractivity contribution is -0.384. The molecule has 11 nitrogen and oxygen atoms in total. The van der Waals surface area contributed by atoms with Crippen LogP contribution in [0.15, 0.2) is 54.1 Å². The molecule has 0 saturated carbocycles. The quantitative estimate of drug-likeness (QED) is 0.106. The number of Topliss-reactive ketones (excluding diaryl/α,β-unsaturated/α-hetero) is 1. The van der Waals surface area contributed by atoms with Crippen LogP contribution in [0.2, 0.25) is 0 Å². The van der Waals surface area contributed by atoms with E-state index in [9.17, 15) is 29.6 Å². The molecule has 1 heterocycles. The van der Waals surface area contributed by atoms with E-state index in [1.54, 1.807) is 0 Å². The van der Waals surface area contributed by atoms with E-state index in [2.05, 4.69) is 4.74 Å². The van der Waals surface area contributed by atoms with E-state index in [4.69, 9.17) is 9.84 Å². The largest absolute Gasteiger partial charge is 0.507 e. The zero-order valence-corrected chi connectivity index (χ0v) is 18.2. The zero-order chi connectivity index (χ0) is 24.8. The number of rotatable bonds is 9. The SMILES string of the molecule is COC(=O)c1ccc([C@H]2C(=C(O)c3ccc([N+](=O)[O-])cc3)C(=O)C(=O)N2CCOCCO)cc1. The predicted octanol–water partition coefficient (Wildman–Crippen LogP) is 1.81. The highest BCUT2D eigenvalue weighted by Gasteiger charge is 2.45. The Bertz CT molecular complexity index is 1120. The minimum absolute atomic E-state index is 0.00889. The van der Waals surface area contributed by atoms with Crippen molar-refractivity contribution in [3.05, 3.63) is 80.9 Å². The Kier molecular flexibility index (Phi) is 7.71. The van der Waals surface area contributed by atoms with Crippen molar-refractivity contribution in [2.75, 3.05) is 33.5 Å². The smallest absolute Gasteiger partial charge is 0.337 e. The highest BCUT2D eigenvalue weighted by atomic mass is 16.6. The van der Waals surface area contributed by atoms with Gasteiger partial charge in [0.05, 0.1) is 49.0 Å². The summed E-state index contributed by atoms with van der Waals surface area (Å²) in [5.41, 5.74) is 0.415. The Hall–Kier alpha value is -4.09. The van der Waals surface area contributed by atoms with Crippen LogP contribution in [0, 0.1) is 10.1 Å². The highest BCUT2D eigenvalue weighted by Crippen LogP contribution is 2.39. The summed E-state index contributed by atoms with van der Waals surface area (Å²) < 4.78 is 9.92. The van der Waals surface area contributed by atoms with E-state index in [0.29, 0.717) is 5.56 Å². The van der Waals surface area contributed by atoms with Gasteiger partial charge in [-0.05, 0) is 29.8 Å². The number of amides is 1. The monoisotopic (exact) mass is 470 g/mol. The molecule has 1 aliphatic heterocycles. The molecule has 1 amide bonds. The molecule has 3 rings (SSSR count). The first-order valence-corrected chi connectivity index (χ1v) is 10.2. The first kappa shape index (κ1) is 24.6. The number of carbonyl (C=O) groups is 3. The van der Waals surface area contributed by atoms with Gasteiger partial charge in [0.1, 0.15) is 5.76 Å². The molecule has 0 aliphatic carbocycles. The number of likely N-dealkylation sites (tertiary alicyclic amines) is 1. The highest BCUT2D eigenvalue weighted by molar-refractivity contribution is 6.46. The molecule has 0 spiro atoms. The Morgan fingerprint density at radius 2 is 1.68 bits per heavy atom. The van der Waals surface area contributed by atoms with Crippen LogP contribution in [0.4, 0.5) is 5.69 Å². The number of esters is 1. The first-order valence-electron chi connectivity index (χ1n) is 10.2. The topological polar surface area (TPSA) is 157 Å². The summed E-state index contributed by atoms with van der Waals surface area (Å²) >= 11 is 0. The third kappa shape index (κ3) is 4.95. The van der Waals surface area contributed by atoms with Crippen LogP contribution in [0.5, 0.6) is 0 Å². The maximum absolute atomic E-state index is 12.9. The lowest BCUT2D eigenvalue weighted by atomic mass is 9.94. The molecule has 2 N–H and O–H groups in total. The lowest BCUT2D eigenvalue weighted by Crippen LogP contribution is -2.33. The molecule has 1 saturated heterocycles. The van der Waals surface area contributed by atoms with Gasteiger partial charge in [0.25, 0.3) is 17.4 Å². The van der Waals surface area contributed by atoms with Crippen LogP contribution in [-0.2, 0) is 19.1 Å². The summed E-state index contributed by atoms with van der Waals surface area (Å²) in [6, 6.07) is 9.92. The summed E-state index contributed by atoms with van der Waals surface area (Å²) in [5.74, 6) is -2.85. The van der Waals surface area contributed by atoms with Crippen molar-refractivity contribution in [3.63, 3.8) is 0 Å². The third-order valence-corrected chi connectivity index (χ3v) is 5.25. The number of aliphatic hydroxyl groups excluding tert-OH is 2. The Morgan fingerprint density at radius 3 is 2.24 bits per heavy atom. The van der Waals surface area contributed by atoms with Crippen molar-refractivity contribution >= 4 is 29.1 Å². The average Bonchev–Trinajstić information content (AvgIpc) is 3.10. The normalized spacial score (nSPS) is 17.1. The second-order valence-corrected chi connectivity index (χ2v) is 7.25. The molecule has 34 heavy (non-hydrogen) atoms. The molecule has 0 radical (unpaired) electrons. The summed E-state index contributed by atoms with van der Waals surface area (Å²) in [5, 5.41) is 30.8. The minimum Gasteiger partial charge on any atom is -0.507 e. The summed E-state index contributed by atoms with van der Waals surface area (Å²) in [6.45, 7) is -0.143. The lowest BCUT2D eigenvalue weighted by Gasteiger charge is -2.25. The van der Waals surface area contributed by atoms with Crippen molar-refractivity contribution in [3.8, 4) is 0 Å². The maximum Gasteiger partial charge on any atom is 0.337 e. The van der Waals surface area contributed by atoms with Crippen molar-refractivity contribution in [2.24, 2.45) is 0 Å². The number of methoxy groups -OCH3 is 1. The number of benzene rings is 2. The van der Waals surface area contributed by atoms with E-state index in [0.717, 1.165) is 0 Å². The molecule has 0 bridgehead atoms. The number of ketones is 1. The van der Waals surface area contributed by atoms with Crippen molar-refractivity contribution < 1.29 is 39.0 Å². The number of ether oxygens (including phenoxy) is 2. The van der Waals surface area contributed by atoms with E-state index < -0.39 is 34.4 Å². The number of hydrogen-bond donors (Lipinski definition) is 2. The van der Waals surface area contributed by atoms with E-state index in [-0.39, 0.29) is 48.8 Å². The molecule has 2 aromatic carbocycles. The molecule has 178 valence electrons. The zero-order valence-electron chi connectivity index (χ0n) is 18.2. The average molecular weight is 470 g/mol. The molecular formula is C23H22N2O9. The summed E-state index contributed by atoms with van der Waals surface area (Å²) in [4.78, 5) is 49.1. The number of non-ortho nitro benzene ring substituents is 1. The van der Waals surface area contributed by atoms with E-state index >= 15 is 0 Å². The number of nitro benzene ring substituents is 1. The fourth-order valence-electron chi connectivity index (χ4n) is 3.60. The number of nitro groups is 1. The van der Waals surface area contributed by atoms with Gasteiger partial charge in [0.15, 0.2) is 0 Å². The van der Waals surface area contributed by atoms with Crippen molar-refractivity contribution in [1.82, 2.24) is 4.90 Å². The Morgan fingerprint density at radius 1 is 1.06 bits per heavy atom. The maximum atomic E-state index is 12.9. The van der Waals surface area contributed by atoms with Gasteiger partial charge < -0.3 is 24.6 Å². The molecule has 1 atom stereocenters. The molecule has 0 aromatic heterocycles. The second kappa shape index (κ2) is 10.7. The van der Waals surface area contributed by atoms with Crippen molar-refractivity contribution in [1.29, 1.82) is 0 Å². The van der Waals surface area contributed by atoms with Crippen molar-refractivity contribution in [2.45, 2.75) is 6.04 Å². The Balaban J connectivity index is 2.06. The standard InChI is InChI=1S/C23H22N2O9/c1-33-23(30)16-4-2-14(3-5-16)19-18(20(27)15-6-8-17(9-7-15)25(31)32)21(28)22(29)24(19)10-12-34-13-11-26/h2-9,19,26-27H,10-13H2,1H3/t19-/m0/s1. The number of aliphatic hydroxyl groups is 2. The molecule has 11 heteroatoms.